The Morgan fingerprint density at radius 1 is 1.23 bits per heavy atom. The molecular formula is C19H18N2O5. The van der Waals surface area contributed by atoms with Crippen LogP contribution in [0, 0.1) is 10.1 Å². The van der Waals surface area contributed by atoms with Gasteiger partial charge in [-0.2, -0.15) is 0 Å². The number of amides is 1. The number of nitro benzene ring substituents is 1. The summed E-state index contributed by atoms with van der Waals surface area (Å²) in [6, 6.07) is 11.2. The van der Waals surface area contributed by atoms with E-state index in [4.69, 9.17) is 0 Å². The molecule has 0 fully saturated rings. The number of carbonyl (C=O) groups excluding carboxylic acids is 1. The summed E-state index contributed by atoms with van der Waals surface area (Å²) in [4.78, 5) is 36.7. The van der Waals surface area contributed by atoms with Crippen molar-refractivity contribution in [2.75, 3.05) is 11.4 Å². The Morgan fingerprint density at radius 3 is 2.54 bits per heavy atom. The number of nitrogens with zero attached hydrogens (tertiary/aromatic N) is 2. The van der Waals surface area contributed by atoms with Crippen LogP contribution >= 0.6 is 0 Å². The van der Waals surface area contributed by atoms with Gasteiger partial charge in [-0.05, 0) is 23.6 Å². The molecule has 0 bridgehead atoms. The van der Waals surface area contributed by atoms with Crippen molar-refractivity contribution in [1.82, 2.24) is 0 Å². The van der Waals surface area contributed by atoms with Gasteiger partial charge in [-0.3, -0.25) is 19.7 Å². The Bertz CT molecular complexity index is 907. The SMILES string of the molecule is CC(C)c1ccc(C(=O)N2CC(C(=O)O)c3ccccc32)cc1[N+](=O)[O-]. The molecule has 7 heteroatoms. The molecule has 0 radical (unpaired) electrons. The van der Waals surface area contributed by atoms with E-state index in [1.165, 1.54) is 11.0 Å². The van der Waals surface area contributed by atoms with E-state index in [9.17, 15) is 24.8 Å². The van der Waals surface area contributed by atoms with Gasteiger partial charge in [-0.15, -0.1) is 0 Å². The first-order chi connectivity index (χ1) is 12.3. The zero-order valence-corrected chi connectivity index (χ0v) is 14.4. The van der Waals surface area contributed by atoms with E-state index < -0.39 is 22.7 Å². The van der Waals surface area contributed by atoms with Gasteiger partial charge in [0, 0.05) is 29.4 Å². The van der Waals surface area contributed by atoms with Crippen LogP contribution in [-0.2, 0) is 4.79 Å². The van der Waals surface area contributed by atoms with Crippen LogP contribution in [0.25, 0.3) is 0 Å². The molecule has 1 aliphatic rings. The van der Waals surface area contributed by atoms with Crippen molar-refractivity contribution >= 4 is 23.3 Å². The normalized spacial score (nSPS) is 15.8. The maximum absolute atomic E-state index is 12.9. The van der Waals surface area contributed by atoms with Gasteiger partial charge >= 0.3 is 5.97 Å². The number of fused-ring (bicyclic) bond motifs is 1. The molecule has 0 aromatic heterocycles. The molecule has 1 N–H and O–H groups in total. The lowest BCUT2D eigenvalue weighted by atomic mass is 9.99. The minimum atomic E-state index is -1.01. The highest BCUT2D eigenvalue weighted by Gasteiger charge is 2.37. The fourth-order valence-corrected chi connectivity index (χ4v) is 3.29. The van der Waals surface area contributed by atoms with Crippen LogP contribution < -0.4 is 4.90 Å². The molecule has 0 saturated heterocycles. The largest absolute Gasteiger partial charge is 0.481 e. The lowest BCUT2D eigenvalue weighted by Crippen LogP contribution is -2.31. The van der Waals surface area contributed by atoms with E-state index in [1.54, 1.807) is 36.4 Å². The van der Waals surface area contributed by atoms with Gasteiger partial charge in [0.15, 0.2) is 0 Å². The van der Waals surface area contributed by atoms with Crippen molar-refractivity contribution in [2.24, 2.45) is 0 Å². The van der Waals surface area contributed by atoms with Gasteiger partial charge in [0.05, 0.1) is 4.92 Å². The number of rotatable bonds is 4. The molecule has 2 aromatic rings. The second kappa shape index (κ2) is 6.59. The molecule has 2 aromatic carbocycles. The summed E-state index contributed by atoms with van der Waals surface area (Å²) in [6.07, 6.45) is 0. The van der Waals surface area contributed by atoms with E-state index in [0.29, 0.717) is 16.8 Å². The van der Waals surface area contributed by atoms with Crippen LogP contribution in [0.1, 0.15) is 47.2 Å². The van der Waals surface area contributed by atoms with Crippen molar-refractivity contribution in [1.29, 1.82) is 0 Å². The van der Waals surface area contributed by atoms with E-state index in [2.05, 4.69) is 0 Å². The Balaban J connectivity index is 2.02. The standard InChI is InChI=1S/C19H18N2O5/c1-11(2)13-8-7-12(9-17(13)21(25)26)18(22)20-10-15(19(23)24)14-5-3-4-6-16(14)20/h3-9,11,15H,10H2,1-2H3,(H,23,24). The van der Waals surface area contributed by atoms with Crippen molar-refractivity contribution in [2.45, 2.75) is 25.7 Å². The van der Waals surface area contributed by atoms with Gasteiger partial charge in [-0.25, -0.2) is 0 Å². The van der Waals surface area contributed by atoms with Crippen molar-refractivity contribution in [3.63, 3.8) is 0 Å². The molecule has 1 amide bonds. The smallest absolute Gasteiger partial charge is 0.312 e. The Morgan fingerprint density at radius 2 is 1.92 bits per heavy atom. The van der Waals surface area contributed by atoms with Crippen LogP contribution in [0.3, 0.4) is 0 Å². The maximum Gasteiger partial charge on any atom is 0.312 e. The molecular weight excluding hydrogens is 336 g/mol. The predicted molar refractivity (Wildman–Crippen MR) is 95.7 cm³/mol. The number of hydrogen-bond acceptors (Lipinski definition) is 4. The van der Waals surface area contributed by atoms with E-state index in [-0.39, 0.29) is 23.7 Å². The van der Waals surface area contributed by atoms with E-state index >= 15 is 0 Å². The minimum Gasteiger partial charge on any atom is -0.481 e. The lowest BCUT2D eigenvalue weighted by molar-refractivity contribution is -0.385. The van der Waals surface area contributed by atoms with Crippen LogP contribution in [0.4, 0.5) is 11.4 Å². The number of benzene rings is 2. The number of carbonyl (C=O) groups is 2. The fraction of sp³-hybridized carbons (Fsp3) is 0.263. The van der Waals surface area contributed by atoms with Crippen LogP contribution in [0.15, 0.2) is 42.5 Å². The maximum atomic E-state index is 12.9. The van der Waals surface area contributed by atoms with Gasteiger partial charge in [-0.1, -0.05) is 38.1 Å². The third kappa shape index (κ3) is 2.92. The monoisotopic (exact) mass is 354 g/mol. The minimum absolute atomic E-state index is 0.00719. The first kappa shape index (κ1) is 17.6. The van der Waals surface area contributed by atoms with Gasteiger partial charge in [0.2, 0.25) is 0 Å². The highest BCUT2D eigenvalue weighted by molar-refractivity contribution is 6.09. The number of hydrogen-bond donors (Lipinski definition) is 1. The van der Waals surface area contributed by atoms with Crippen LogP contribution in [-0.4, -0.2) is 28.5 Å². The highest BCUT2D eigenvalue weighted by Crippen LogP contribution is 2.37. The van der Waals surface area contributed by atoms with Crippen LogP contribution in [0.5, 0.6) is 0 Å². The van der Waals surface area contributed by atoms with Gasteiger partial charge in [0.25, 0.3) is 11.6 Å². The molecule has 0 spiro atoms. The first-order valence-electron chi connectivity index (χ1n) is 8.23. The summed E-state index contributed by atoms with van der Waals surface area (Å²) in [5.41, 5.74) is 1.72. The van der Waals surface area contributed by atoms with Gasteiger partial charge in [0.1, 0.15) is 5.92 Å². The zero-order chi connectivity index (χ0) is 19.0. The molecule has 3 rings (SSSR count). The third-order valence-corrected chi connectivity index (χ3v) is 4.61. The Kier molecular flexibility index (Phi) is 4.46. The summed E-state index contributed by atoms with van der Waals surface area (Å²) < 4.78 is 0. The number of para-hydroxylation sites is 1. The molecule has 7 nitrogen and oxygen atoms in total. The van der Waals surface area contributed by atoms with Crippen molar-refractivity contribution < 1.29 is 19.6 Å². The molecule has 1 heterocycles. The summed E-state index contributed by atoms with van der Waals surface area (Å²) in [6.45, 7) is 3.70. The number of aliphatic carboxylic acids is 1. The number of nitro groups is 1. The van der Waals surface area contributed by atoms with E-state index in [1.807, 2.05) is 13.8 Å². The molecule has 1 aliphatic heterocycles. The summed E-state index contributed by atoms with van der Waals surface area (Å²) in [5.74, 6) is -2.31. The van der Waals surface area contributed by atoms with Crippen molar-refractivity contribution in [3.8, 4) is 0 Å². The summed E-state index contributed by atoms with van der Waals surface area (Å²) >= 11 is 0. The second-order valence-corrected chi connectivity index (χ2v) is 6.55. The average molecular weight is 354 g/mol. The summed E-state index contributed by atoms with van der Waals surface area (Å²) in [5, 5.41) is 20.8. The Labute approximate surface area is 150 Å². The molecule has 26 heavy (non-hydrogen) atoms. The van der Waals surface area contributed by atoms with E-state index in [0.717, 1.165) is 0 Å². The zero-order valence-electron chi connectivity index (χ0n) is 14.4. The lowest BCUT2D eigenvalue weighted by Gasteiger charge is -2.18. The number of anilines is 1. The second-order valence-electron chi connectivity index (χ2n) is 6.55. The molecule has 134 valence electrons. The molecule has 0 aliphatic carbocycles. The van der Waals surface area contributed by atoms with Crippen molar-refractivity contribution in [3.05, 3.63) is 69.3 Å². The third-order valence-electron chi connectivity index (χ3n) is 4.61. The number of carboxylic acid groups (broad SMARTS) is 1. The fourth-order valence-electron chi connectivity index (χ4n) is 3.29. The average Bonchev–Trinajstić information content (AvgIpc) is 3.00. The molecule has 0 saturated carbocycles. The van der Waals surface area contributed by atoms with Crippen LogP contribution in [0.2, 0.25) is 0 Å². The predicted octanol–water partition coefficient (Wildman–Crippen LogP) is 3.55. The highest BCUT2D eigenvalue weighted by atomic mass is 16.6. The quantitative estimate of drug-likeness (QED) is 0.668. The molecule has 1 atom stereocenters. The Hall–Kier alpha value is -3.22. The summed E-state index contributed by atoms with van der Waals surface area (Å²) in [7, 11) is 0. The topological polar surface area (TPSA) is 101 Å². The number of carboxylic acids is 1. The molecule has 1 unspecified atom stereocenters. The van der Waals surface area contributed by atoms with Gasteiger partial charge < -0.3 is 10.0 Å². The first-order valence-corrected chi connectivity index (χ1v) is 8.23.